The highest BCUT2D eigenvalue weighted by Crippen LogP contribution is 2.18. The summed E-state index contributed by atoms with van der Waals surface area (Å²) in [5, 5.41) is 10.4. The molecular formula is C10H9F3N2O4. The molecular weight excluding hydrogens is 269 g/mol. The van der Waals surface area contributed by atoms with Crippen molar-refractivity contribution in [1.82, 2.24) is 0 Å². The average molecular weight is 278 g/mol. The van der Waals surface area contributed by atoms with Crippen molar-refractivity contribution in [2.45, 2.75) is 18.8 Å². The number of non-ortho nitro benzene ring substituents is 1. The summed E-state index contributed by atoms with van der Waals surface area (Å²) in [6.07, 6.45) is -5.29. The van der Waals surface area contributed by atoms with Gasteiger partial charge in [0, 0.05) is 12.1 Å². The van der Waals surface area contributed by atoms with Crippen molar-refractivity contribution in [3.8, 4) is 0 Å². The number of halogens is 3. The summed E-state index contributed by atoms with van der Waals surface area (Å²) in [6.45, 7) is 0. The first-order chi connectivity index (χ1) is 8.69. The van der Waals surface area contributed by atoms with E-state index in [2.05, 4.69) is 4.74 Å². The van der Waals surface area contributed by atoms with Crippen LogP contribution < -0.4 is 5.73 Å². The maximum absolute atomic E-state index is 11.8. The molecule has 104 valence electrons. The van der Waals surface area contributed by atoms with Crippen LogP contribution in [0, 0.1) is 10.1 Å². The zero-order valence-electron chi connectivity index (χ0n) is 9.39. The topological polar surface area (TPSA) is 95.5 Å². The fourth-order valence-corrected chi connectivity index (χ4v) is 1.28. The second-order valence-electron chi connectivity index (χ2n) is 3.60. The summed E-state index contributed by atoms with van der Waals surface area (Å²) in [7, 11) is 0. The van der Waals surface area contributed by atoms with Gasteiger partial charge in [-0.3, -0.25) is 14.9 Å². The summed E-state index contributed by atoms with van der Waals surface area (Å²) in [4.78, 5) is 20.7. The number of ether oxygens (including phenoxy) is 1. The van der Waals surface area contributed by atoms with E-state index in [1.165, 1.54) is 12.1 Å². The molecule has 1 aromatic rings. The van der Waals surface area contributed by atoms with E-state index in [0.717, 1.165) is 12.1 Å². The molecule has 1 atom stereocenters. The van der Waals surface area contributed by atoms with Crippen LogP contribution in [0.1, 0.15) is 5.56 Å². The van der Waals surface area contributed by atoms with Gasteiger partial charge in [-0.05, 0) is 12.0 Å². The van der Waals surface area contributed by atoms with Crippen LogP contribution in [0.3, 0.4) is 0 Å². The minimum atomic E-state index is -5.08. The number of alkyl halides is 3. The monoisotopic (exact) mass is 278 g/mol. The van der Waals surface area contributed by atoms with Gasteiger partial charge in [-0.15, -0.1) is 13.2 Å². The Kier molecular flexibility index (Phi) is 4.43. The Hall–Kier alpha value is -2.16. The number of nitrogens with zero attached hydrogens (tertiary/aromatic N) is 1. The van der Waals surface area contributed by atoms with Crippen molar-refractivity contribution in [2.75, 3.05) is 0 Å². The highest BCUT2D eigenvalue weighted by Gasteiger charge is 2.35. The maximum atomic E-state index is 11.8. The Morgan fingerprint density at radius 3 is 2.32 bits per heavy atom. The molecule has 0 aliphatic rings. The number of esters is 1. The molecule has 1 rings (SSSR count). The smallest absolute Gasteiger partial charge is 0.372 e. The van der Waals surface area contributed by atoms with Crippen LogP contribution >= 0.6 is 0 Å². The molecule has 9 heteroatoms. The molecule has 0 aliphatic heterocycles. The van der Waals surface area contributed by atoms with Crippen molar-refractivity contribution in [3.05, 3.63) is 39.9 Å². The van der Waals surface area contributed by atoms with E-state index in [1.54, 1.807) is 0 Å². The van der Waals surface area contributed by atoms with E-state index < -0.39 is 23.3 Å². The first-order valence-corrected chi connectivity index (χ1v) is 4.97. The van der Waals surface area contributed by atoms with E-state index >= 15 is 0 Å². The molecule has 0 saturated heterocycles. The SMILES string of the molecule is N[C@@H](Cc1ccc([N+](=O)[O-])cc1)C(=O)OC(F)(F)F. The van der Waals surface area contributed by atoms with E-state index in [4.69, 9.17) is 5.73 Å². The van der Waals surface area contributed by atoms with Gasteiger partial charge in [-0.1, -0.05) is 12.1 Å². The fraction of sp³-hybridized carbons (Fsp3) is 0.300. The molecule has 0 radical (unpaired) electrons. The minimum Gasteiger partial charge on any atom is -0.372 e. The molecule has 0 amide bonds. The highest BCUT2D eigenvalue weighted by atomic mass is 19.4. The summed E-state index contributed by atoms with van der Waals surface area (Å²) < 4.78 is 38.5. The Balaban J connectivity index is 2.64. The van der Waals surface area contributed by atoms with Gasteiger partial charge in [0.25, 0.3) is 5.69 Å². The molecule has 6 nitrogen and oxygen atoms in total. The third-order valence-electron chi connectivity index (χ3n) is 2.12. The van der Waals surface area contributed by atoms with Crippen LogP contribution in [0.25, 0.3) is 0 Å². The first kappa shape index (κ1) is 14.9. The number of hydrogen-bond donors (Lipinski definition) is 1. The molecule has 0 aromatic heterocycles. The minimum absolute atomic E-state index is 0.171. The average Bonchev–Trinajstić information content (AvgIpc) is 2.27. The summed E-state index contributed by atoms with van der Waals surface area (Å²) in [6, 6.07) is 3.44. The van der Waals surface area contributed by atoms with Gasteiger partial charge in [0.2, 0.25) is 0 Å². The van der Waals surface area contributed by atoms with Crippen molar-refractivity contribution in [2.24, 2.45) is 5.73 Å². The molecule has 2 N–H and O–H groups in total. The number of nitro groups is 1. The van der Waals surface area contributed by atoms with Crippen LogP contribution in [0.2, 0.25) is 0 Å². The van der Waals surface area contributed by atoms with E-state index in [0.29, 0.717) is 5.56 Å². The molecule has 0 fully saturated rings. The number of nitro benzene ring substituents is 1. The van der Waals surface area contributed by atoms with Crippen molar-refractivity contribution in [3.63, 3.8) is 0 Å². The fourth-order valence-electron chi connectivity index (χ4n) is 1.28. The van der Waals surface area contributed by atoms with Gasteiger partial charge in [0.05, 0.1) is 4.92 Å². The Morgan fingerprint density at radius 2 is 1.89 bits per heavy atom. The van der Waals surface area contributed by atoms with Gasteiger partial charge in [-0.2, -0.15) is 0 Å². The lowest BCUT2D eigenvalue weighted by molar-refractivity contribution is -0.384. The van der Waals surface area contributed by atoms with Crippen LogP contribution in [-0.4, -0.2) is 23.3 Å². The van der Waals surface area contributed by atoms with E-state index in [1.807, 2.05) is 0 Å². The number of carbonyl (C=O) groups is 1. The lowest BCUT2D eigenvalue weighted by Gasteiger charge is -2.12. The molecule has 0 aliphatic carbocycles. The van der Waals surface area contributed by atoms with Crippen molar-refractivity contribution >= 4 is 11.7 Å². The van der Waals surface area contributed by atoms with Crippen LogP contribution in [-0.2, 0) is 16.0 Å². The van der Waals surface area contributed by atoms with Gasteiger partial charge in [0.15, 0.2) is 0 Å². The zero-order valence-corrected chi connectivity index (χ0v) is 9.39. The molecule has 0 saturated carbocycles. The van der Waals surface area contributed by atoms with Crippen LogP contribution in [0.5, 0.6) is 0 Å². The lowest BCUT2D eigenvalue weighted by atomic mass is 10.1. The summed E-state index contributed by atoms with van der Waals surface area (Å²) >= 11 is 0. The Morgan fingerprint density at radius 1 is 1.37 bits per heavy atom. The molecule has 19 heavy (non-hydrogen) atoms. The molecule has 0 unspecified atom stereocenters. The van der Waals surface area contributed by atoms with Crippen LogP contribution in [0.15, 0.2) is 24.3 Å². The summed E-state index contributed by atoms with van der Waals surface area (Å²) in [5.41, 5.74) is 5.46. The lowest BCUT2D eigenvalue weighted by Crippen LogP contribution is -2.37. The molecule has 1 aromatic carbocycles. The second kappa shape index (κ2) is 5.65. The Labute approximate surface area is 105 Å². The zero-order chi connectivity index (χ0) is 14.6. The predicted octanol–water partition coefficient (Wildman–Crippen LogP) is 1.53. The predicted molar refractivity (Wildman–Crippen MR) is 56.9 cm³/mol. The molecule has 0 bridgehead atoms. The van der Waals surface area contributed by atoms with Crippen molar-refractivity contribution in [1.29, 1.82) is 0 Å². The standard InChI is InChI=1S/C10H9F3N2O4/c11-10(12,13)19-9(16)8(14)5-6-1-3-7(4-2-6)15(17)18/h1-4,8H,5,14H2/t8-/m0/s1. The second-order valence-corrected chi connectivity index (χ2v) is 3.60. The van der Waals surface area contributed by atoms with Gasteiger partial charge in [0.1, 0.15) is 6.04 Å². The molecule has 0 spiro atoms. The largest absolute Gasteiger partial charge is 0.575 e. The maximum Gasteiger partial charge on any atom is 0.575 e. The highest BCUT2D eigenvalue weighted by molar-refractivity contribution is 5.76. The summed E-state index contributed by atoms with van der Waals surface area (Å²) in [5.74, 6) is -1.61. The third-order valence-corrected chi connectivity index (χ3v) is 2.12. The van der Waals surface area contributed by atoms with E-state index in [9.17, 15) is 28.1 Å². The van der Waals surface area contributed by atoms with E-state index in [-0.39, 0.29) is 12.1 Å². The Bertz CT molecular complexity index is 473. The van der Waals surface area contributed by atoms with Crippen molar-refractivity contribution < 1.29 is 27.6 Å². The molecule has 0 heterocycles. The number of benzene rings is 1. The number of nitrogens with two attached hydrogens (primary N) is 1. The van der Waals surface area contributed by atoms with Gasteiger partial charge in [-0.25, -0.2) is 0 Å². The number of carbonyl (C=O) groups excluding carboxylic acids is 1. The quantitative estimate of drug-likeness (QED) is 0.512. The third kappa shape index (κ3) is 4.92. The van der Waals surface area contributed by atoms with Crippen LogP contribution in [0.4, 0.5) is 18.9 Å². The normalized spacial score (nSPS) is 12.8. The van der Waals surface area contributed by atoms with Gasteiger partial charge >= 0.3 is 12.3 Å². The number of rotatable bonds is 4. The van der Waals surface area contributed by atoms with Gasteiger partial charge < -0.3 is 10.5 Å². The first-order valence-electron chi connectivity index (χ1n) is 4.97. The number of hydrogen-bond acceptors (Lipinski definition) is 5.